The van der Waals surface area contributed by atoms with Crippen molar-refractivity contribution < 1.29 is 17.9 Å². The third kappa shape index (κ3) is 4.71. The van der Waals surface area contributed by atoms with E-state index in [2.05, 4.69) is 0 Å². The van der Waals surface area contributed by atoms with Gasteiger partial charge in [0, 0.05) is 19.2 Å². The molecule has 118 valence electrons. The van der Waals surface area contributed by atoms with E-state index in [1.54, 1.807) is 13.1 Å². The molecule has 0 aliphatic rings. The first-order valence-electron chi connectivity index (χ1n) is 6.86. The Labute approximate surface area is 125 Å². The molecule has 0 aromatic heterocycles. The SMILES string of the molecule is CCCCOc1ccc(C(=O)N(C)CC)cc1S(N)(=O)=O. The maximum absolute atomic E-state index is 12.1. The molecule has 0 fully saturated rings. The highest BCUT2D eigenvalue weighted by Crippen LogP contribution is 2.25. The highest BCUT2D eigenvalue weighted by molar-refractivity contribution is 7.89. The van der Waals surface area contributed by atoms with Crippen molar-refractivity contribution in [1.29, 1.82) is 0 Å². The topological polar surface area (TPSA) is 89.7 Å². The predicted molar refractivity (Wildman–Crippen MR) is 80.9 cm³/mol. The fraction of sp³-hybridized carbons (Fsp3) is 0.500. The van der Waals surface area contributed by atoms with Crippen LogP contribution in [0.1, 0.15) is 37.0 Å². The van der Waals surface area contributed by atoms with Gasteiger partial charge in [-0.1, -0.05) is 13.3 Å². The second kappa shape index (κ2) is 7.42. The number of carbonyl (C=O) groups excluding carboxylic acids is 1. The number of carbonyl (C=O) groups is 1. The maximum Gasteiger partial charge on any atom is 0.253 e. The molecule has 2 N–H and O–H groups in total. The van der Waals surface area contributed by atoms with Crippen molar-refractivity contribution in [3.63, 3.8) is 0 Å². The number of hydrogen-bond donors (Lipinski definition) is 1. The van der Waals surface area contributed by atoms with Crippen molar-refractivity contribution in [2.24, 2.45) is 5.14 Å². The van der Waals surface area contributed by atoms with Crippen LogP contribution in [0, 0.1) is 0 Å². The molecule has 0 spiro atoms. The molecule has 7 heteroatoms. The van der Waals surface area contributed by atoms with Crippen molar-refractivity contribution >= 4 is 15.9 Å². The van der Waals surface area contributed by atoms with Crippen LogP contribution in [0.25, 0.3) is 0 Å². The van der Waals surface area contributed by atoms with Crippen LogP contribution in [0.15, 0.2) is 23.1 Å². The van der Waals surface area contributed by atoms with Gasteiger partial charge < -0.3 is 9.64 Å². The monoisotopic (exact) mass is 314 g/mol. The summed E-state index contributed by atoms with van der Waals surface area (Å²) in [6.07, 6.45) is 1.74. The Morgan fingerprint density at radius 3 is 2.52 bits per heavy atom. The van der Waals surface area contributed by atoms with Gasteiger partial charge in [0.15, 0.2) is 0 Å². The smallest absolute Gasteiger partial charge is 0.253 e. The van der Waals surface area contributed by atoms with Crippen LogP contribution >= 0.6 is 0 Å². The lowest BCUT2D eigenvalue weighted by Gasteiger charge is -2.16. The lowest BCUT2D eigenvalue weighted by molar-refractivity contribution is 0.0802. The van der Waals surface area contributed by atoms with E-state index in [4.69, 9.17) is 9.88 Å². The zero-order valence-corrected chi connectivity index (χ0v) is 13.4. The number of hydrogen-bond acceptors (Lipinski definition) is 4. The van der Waals surface area contributed by atoms with Gasteiger partial charge in [-0.05, 0) is 31.5 Å². The van der Waals surface area contributed by atoms with E-state index >= 15 is 0 Å². The van der Waals surface area contributed by atoms with E-state index < -0.39 is 10.0 Å². The number of primary sulfonamides is 1. The molecule has 1 amide bonds. The number of sulfonamides is 1. The molecule has 0 radical (unpaired) electrons. The molecule has 21 heavy (non-hydrogen) atoms. The normalized spacial score (nSPS) is 11.2. The van der Waals surface area contributed by atoms with Crippen molar-refractivity contribution in [3.8, 4) is 5.75 Å². The first-order chi connectivity index (χ1) is 9.81. The summed E-state index contributed by atoms with van der Waals surface area (Å²) < 4.78 is 28.8. The van der Waals surface area contributed by atoms with E-state index in [1.165, 1.54) is 17.0 Å². The minimum atomic E-state index is -3.95. The summed E-state index contributed by atoms with van der Waals surface area (Å²) in [5.41, 5.74) is 0.270. The molecule has 6 nitrogen and oxygen atoms in total. The molecule has 1 rings (SSSR count). The molecule has 0 saturated carbocycles. The van der Waals surface area contributed by atoms with Gasteiger partial charge in [0.25, 0.3) is 5.91 Å². The molecule has 1 aromatic rings. The predicted octanol–water partition coefficient (Wildman–Crippen LogP) is 1.60. The number of nitrogens with zero attached hydrogens (tertiary/aromatic N) is 1. The second-order valence-corrected chi connectivity index (χ2v) is 6.26. The van der Waals surface area contributed by atoms with E-state index in [1.807, 2.05) is 13.8 Å². The number of benzene rings is 1. The van der Waals surface area contributed by atoms with E-state index in [-0.39, 0.29) is 22.1 Å². The first kappa shape index (κ1) is 17.5. The molecule has 0 aliphatic heterocycles. The summed E-state index contributed by atoms with van der Waals surface area (Å²) >= 11 is 0. The molecule has 0 unspecified atom stereocenters. The third-order valence-corrected chi connectivity index (χ3v) is 4.01. The molecule has 1 aromatic carbocycles. The molecular formula is C14H22N2O4S. The third-order valence-electron chi connectivity index (χ3n) is 3.07. The average Bonchev–Trinajstić information content (AvgIpc) is 2.45. The van der Waals surface area contributed by atoms with Gasteiger partial charge in [-0.25, -0.2) is 13.6 Å². The summed E-state index contributed by atoms with van der Waals surface area (Å²) in [7, 11) is -2.31. The Kier molecular flexibility index (Phi) is 6.17. The van der Waals surface area contributed by atoms with Crippen LogP contribution in [-0.4, -0.2) is 39.4 Å². The zero-order valence-electron chi connectivity index (χ0n) is 12.6. The average molecular weight is 314 g/mol. The molecule has 0 atom stereocenters. The minimum absolute atomic E-state index is 0.158. The Balaban J connectivity index is 3.16. The maximum atomic E-state index is 12.1. The van der Waals surface area contributed by atoms with Gasteiger partial charge in [-0.2, -0.15) is 0 Å². The second-order valence-electron chi connectivity index (χ2n) is 4.73. The summed E-state index contributed by atoms with van der Waals surface area (Å²) in [6, 6.07) is 4.29. The van der Waals surface area contributed by atoms with E-state index in [0.29, 0.717) is 13.2 Å². The molecular weight excluding hydrogens is 292 g/mol. The summed E-state index contributed by atoms with van der Waals surface area (Å²) in [5, 5.41) is 5.21. The number of amides is 1. The Morgan fingerprint density at radius 2 is 2.00 bits per heavy atom. The van der Waals surface area contributed by atoms with Crippen molar-refractivity contribution in [1.82, 2.24) is 4.90 Å². The first-order valence-corrected chi connectivity index (χ1v) is 8.41. The van der Waals surface area contributed by atoms with Crippen LogP contribution in [-0.2, 0) is 10.0 Å². The van der Waals surface area contributed by atoms with Crippen LogP contribution in [0.4, 0.5) is 0 Å². The zero-order chi connectivity index (χ0) is 16.0. The quantitative estimate of drug-likeness (QED) is 0.774. The highest BCUT2D eigenvalue weighted by Gasteiger charge is 2.19. The van der Waals surface area contributed by atoms with Gasteiger partial charge in [0.05, 0.1) is 6.61 Å². The van der Waals surface area contributed by atoms with Gasteiger partial charge in [0.2, 0.25) is 10.0 Å². The lowest BCUT2D eigenvalue weighted by Crippen LogP contribution is -2.26. The summed E-state index contributed by atoms with van der Waals surface area (Å²) in [6.45, 7) is 4.77. The fourth-order valence-electron chi connectivity index (χ4n) is 1.67. The highest BCUT2D eigenvalue weighted by atomic mass is 32.2. The Hall–Kier alpha value is -1.60. The van der Waals surface area contributed by atoms with Gasteiger partial charge in [-0.15, -0.1) is 0 Å². The van der Waals surface area contributed by atoms with Gasteiger partial charge >= 0.3 is 0 Å². The Bertz CT molecular complexity index is 599. The molecule has 0 heterocycles. The van der Waals surface area contributed by atoms with Crippen LogP contribution < -0.4 is 9.88 Å². The van der Waals surface area contributed by atoms with E-state index in [0.717, 1.165) is 12.8 Å². The number of ether oxygens (including phenoxy) is 1. The lowest BCUT2D eigenvalue weighted by atomic mass is 10.2. The van der Waals surface area contributed by atoms with Crippen molar-refractivity contribution in [2.75, 3.05) is 20.2 Å². The van der Waals surface area contributed by atoms with Gasteiger partial charge in [-0.3, -0.25) is 4.79 Å². The molecule has 0 bridgehead atoms. The van der Waals surface area contributed by atoms with Gasteiger partial charge in [0.1, 0.15) is 10.6 Å². The van der Waals surface area contributed by atoms with Crippen molar-refractivity contribution in [2.45, 2.75) is 31.6 Å². The molecule has 0 saturated heterocycles. The number of rotatable bonds is 7. The van der Waals surface area contributed by atoms with Crippen LogP contribution in [0.3, 0.4) is 0 Å². The number of nitrogens with two attached hydrogens (primary N) is 1. The Morgan fingerprint density at radius 1 is 1.33 bits per heavy atom. The minimum Gasteiger partial charge on any atom is -0.492 e. The van der Waals surface area contributed by atoms with Crippen LogP contribution in [0.5, 0.6) is 5.75 Å². The standard InChI is InChI=1S/C14H22N2O4S/c1-4-6-9-20-12-8-7-11(14(17)16(3)5-2)10-13(12)21(15,18)19/h7-8,10H,4-6,9H2,1-3H3,(H2,15,18,19). The summed E-state index contributed by atoms with van der Waals surface area (Å²) in [4.78, 5) is 13.4. The van der Waals surface area contributed by atoms with Crippen LogP contribution in [0.2, 0.25) is 0 Å². The molecule has 0 aliphatic carbocycles. The summed E-state index contributed by atoms with van der Waals surface area (Å²) in [5.74, 6) is -0.0795. The van der Waals surface area contributed by atoms with E-state index in [9.17, 15) is 13.2 Å². The number of unbranched alkanes of at least 4 members (excludes halogenated alkanes) is 1. The fourth-order valence-corrected chi connectivity index (χ4v) is 2.37. The van der Waals surface area contributed by atoms with Crippen molar-refractivity contribution in [3.05, 3.63) is 23.8 Å². The largest absolute Gasteiger partial charge is 0.492 e.